The first-order valence-corrected chi connectivity index (χ1v) is 7.35. The third-order valence-corrected chi connectivity index (χ3v) is 4.21. The zero-order valence-electron chi connectivity index (χ0n) is 12.1. The number of anilines is 1. The molecular formula is C15H25BrN2. The SMILES string of the molecule is CCC(C)(C)N(C)c1ccc(Br)cc1CC(C)N. The fourth-order valence-electron chi connectivity index (χ4n) is 1.95. The minimum absolute atomic E-state index is 0.153. The second-order valence-electron chi connectivity index (χ2n) is 5.68. The van der Waals surface area contributed by atoms with Gasteiger partial charge in [-0.05, 0) is 57.4 Å². The van der Waals surface area contributed by atoms with Gasteiger partial charge in [0.25, 0.3) is 0 Å². The first kappa shape index (κ1) is 15.5. The van der Waals surface area contributed by atoms with Gasteiger partial charge in [0.2, 0.25) is 0 Å². The van der Waals surface area contributed by atoms with E-state index in [2.05, 4.69) is 73.8 Å². The van der Waals surface area contributed by atoms with Crippen LogP contribution in [0.3, 0.4) is 0 Å². The van der Waals surface area contributed by atoms with E-state index >= 15 is 0 Å². The molecule has 0 spiro atoms. The van der Waals surface area contributed by atoms with Gasteiger partial charge in [-0.2, -0.15) is 0 Å². The Morgan fingerprint density at radius 3 is 2.50 bits per heavy atom. The van der Waals surface area contributed by atoms with Crippen LogP contribution in [0.5, 0.6) is 0 Å². The Morgan fingerprint density at radius 1 is 1.39 bits per heavy atom. The van der Waals surface area contributed by atoms with Gasteiger partial charge in [-0.25, -0.2) is 0 Å². The Hall–Kier alpha value is -0.540. The molecule has 1 atom stereocenters. The van der Waals surface area contributed by atoms with Gasteiger partial charge in [0.05, 0.1) is 0 Å². The molecule has 2 N–H and O–H groups in total. The zero-order chi connectivity index (χ0) is 13.9. The summed E-state index contributed by atoms with van der Waals surface area (Å²) in [5, 5.41) is 0. The highest BCUT2D eigenvalue weighted by Gasteiger charge is 2.23. The molecule has 102 valence electrons. The highest BCUT2D eigenvalue weighted by Crippen LogP contribution is 2.30. The number of hydrogen-bond acceptors (Lipinski definition) is 2. The van der Waals surface area contributed by atoms with Crippen LogP contribution in [0.25, 0.3) is 0 Å². The van der Waals surface area contributed by atoms with E-state index in [0.717, 1.165) is 17.3 Å². The van der Waals surface area contributed by atoms with Crippen LogP contribution in [0, 0.1) is 0 Å². The fraction of sp³-hybridized carbons (Fsp3) is 0.600. The third-order valence-electron chi connectivity index (χ3n) is 3.72. The molecule has 0 aliphatic heterocycles. The molecule has 1 unspecified atom stereocenters. The van der Waals surface area contributed by atoms with E-state index in [1.165, 1.54) is 11.3 Å². The van der Waals surface area contributed by atoms with Crippen molar-refractivity contribution in [1.29, 1.82) is 0 Å². The molecule has 0 aromatic heterocycles. The molecule has 0 aliphatic rings. The van der Waals surface area contributed by atoms with Crippen LogP contribution in [-0.2, 0) is 6.42 Å². The van der Waals surface area contributed by atoms with Crippen LogP contribution in [-0.4, -0.2) is 18.6 Å². The lowest BCUT2D eigenvalue weighted by Crippen LogP contribution is -2.41. The van der Waals surface area contributed by atoms with Gasteiger partial charge in [0.15, 0.2) is 0 Å². The smallest absolute Gasteiger partial charge is 0.0401 e. The number of rotatable bonds is 5. The van der Waals surface area contributed by atoms with E-state index in [1.807, 2.05) is 0 Å². The van der Waals surface area contributed by atoms with Gasteiger partial charge < -0.3 is 10.6 Å². The van der Waals surface area contributed by atoms with E-state index < -0.39 is 0 Å². The summed E-state index contributed by atoms with van der Waals surface area (Å²) in [5.41, 5.74) is 8.69. The van der Waals surface area contributed by atoms with Crippen LogP contribution in [0.1, 0.15) is 39.7 Å². The Kier molecular flexibility index (Phi) is 5.23. The van der Waals surface area contributed by atoms with Gasteiger partial charge in [-0.1, -0.05) is 22.9 Å². The molecule has 1 aromatic carbocycles. The van der Waals surface area contributed by atoms with Crippen LogP contribution >= 0.6 is 15.9 Å². The number of hydrogen-bond donors (Lipinski definition) is 1. The lowest BCUT2D eigenvalue weighted by molar-refractivity contribution is 0.469. The second-order valence-corrected chi connectivity index (χ2v) is 6.60. The molecule has 1 aromatic rings. The summed E-state index contributed by atoms with van der Waals surface area (Å²) in [4.78, 5) is 2.36. The van der Waals surface area contributed by atoms with Crippen LogP contribution in [0.15, 0.2) is 22.7 Å². The maximum Gasteiger partial charge on any atom is 0.0401 e. The molecule has 0 fully saturated rings. The van der Waals surface area contributed by atoms with Gasteiger partial charge in [-0.15, -0.1) is 0 Å². The zero-order valence-corrected chi connectivity index (χ0v) is 13.7. The van der Waals surface area contributed by atoms with Crippen molar-refractivity contribution in [3.05, 3.63) is 28.2 Å². The van der Waals surface area contributed by atoms with Gasteiger partial charge >= 0.3 is 0 Å². The Labute approximate surface area is 120 Å². The molecule has 0 bridgehead atoms. The average molecular weight is 313 g/mol. The van der Waals surface area contributed by atoms with Crippen molar-refractivity contribution in [3.63, 3.8) is 0 Å². The fourth-order valence-corrected chi connectivity index (χ4v) is 2.36. The molecule has 0 heterocycles. The number of nitrogens with two attached hydrogens (primary N) is 1. The summed E-state index contributed by atoms with van der Waals surface area (Å²) in [7, 11) is 2.16. The minimum Gasteiger partial charge on any atom is -0.369 e. The second kappa shape index (κ2) is 6.07. The van der Waals surface area contributed by atoms with Crippen molar-refractivity contribution in [3.8, 4) is 0 Å². The standard InChI is InChI=1S/C15H25BrN2/c1-6-15(3,4)18(5)14-8-7-13(16)10-12(14)9-11(2)17/h7-8,10-11H,6,9,17H2,1-5H3. The first-order chi connectivity index (χ1) is 8.27. The molecule has 18 heavy (non-hydrogen) atoms. The Balaban J connectivity index is 3.15. The predicted octanol–water partition coefficient (Wildman–Crippen LogP) is 3.96. The summed E-state index contributed by atoms with van der Waals surface area (Å²) in [6.45, 7) is 8.81. The normalized spacial score (nSPS) is 13.5. The van der Waals surface area contributed by atoms with Crippen molar-refractivity contribution < 1.29 is 0 Å². The molecule has 0 saturated heterocycles. The molecule has 3 heteroatoms. The highest BCUT2D eigenvalue weighted by atomic mass is 79.9. The first-order valence-electron chi connectivity index (χ1n) is 6.55. The average Bonchev–Trinajstić information content (AvgIpc) is 2.27. The molecule has 0 saturated carbocycles. The van der Waals surface area contributed by atoms with Crippen LogP contribution < -0.4 is 10.6 Å². The lowest BCUT2D eigenvalue weighted by atomic mass is 9.96. The number of nitrogens with zero attached hydrogens (tertiary/aromatic N) is 1. The maximum absolute atomic E-state index is 5.95. The lowest BCUT2D eigenvalue weighted by Gasteiger charge is -2.38. The predicted molar refractivity (Wildman–Crippen MR) is 84.3 cm³/mol. The molecule has 0 aliphatic carbocycles. The summed E-state index contributed by atoms with van der Waals surface area (Å²) in [6, 6.07) is 6.64. The van der Waals surface area contributed by atoms with E-state index in [9.17, 15) is 0 Å². The monoisotopic (exact) mass is 312 g/mol. The molecule has 0 amide bonds. The summed E-state index contributed by atoms with van der Waals surface area (Å²) < 4.78 is 1.12. The molecular weight excluding hydrogens is 288 g/mol. The third kappa shape index (κ3) is 3.72. The van der Waals surface area contributed by atoms with E-state index in [1.54, 1.807) is 0 Å². The van der Waals surface area contributed by atoms with Crippen LogP contribution in [0.2, 0.25) is 0 Å². The van der Waals surface area contributed by atoms with E-state index in [-0.39, 0.29) is 11.6 Å². The summed E-state index contributed by atoms with van der Waals surface area (Å²) >= 11 is 3.54. The summed E-state index contributed by atoms with van der Waals surface area (Å²) in [5.74, 6) is 0. The Bertz CT molecular complexity index is 399. The van der Waals surface area contributed by atoms with Crippen LogP contribution in [0.4, 0.5) is 5.69 Å². The van der Waals surface area contributed by atoms with Crippen molar-refractivity contribution in [2.45, 2.75) is 52.1 Å². The highest BCUT2D eigenvalue weighted by molar-refractivity contribution is 9.10. The van der Waals surface area contributed by atoms with Crippen molar-refractivity contribution >= 4 is 21.6 Å². The molecule has 2 nitrogen and oxygen atoms in total. The molecule has 0 radical (unpaired) electrons. The largest absolute Gasteiger partial charge is 0.369 e. The Morgan fingerprint density at radius 2 is 2.00 bits per heavy atom. The van der Waals surface area contributed by atoms with E-state index in [4.69, 9.17) is 5.73 Å². The van der Waals surface area contributed by atoms with Gasteiger partial charge in [-0.3, -0.25) is 0 Å². The number of benzene rings is 1. The van der Waals surface area contributed by atoms with Crippen molar-refractivity contribution in [1.82, 2.24) is 0 Å². The van der Waals surface area contributed by atoms with Crippen molar-refractivity contribution in [2.75, 3.05) is 11.9 Å². The van der Waals surface area contributed by atoms with E-state index in [0.29, 0.717) is 0 Å². The van der Waals surface area contributed by atoms with Crippen molar-refractivity contribution in [2.24, 2.45) is 5.73 Å². The summed E-state index contributed by atoms with van der Waals surface area (Å²) in [6.07, 6.45) is 2.01. The number of halogens is 1. The maximum atomic E-state index is 5.95. The minimum atomic E-state index is 0.153. The quantitative estimate of drug-likeness (QED) is 0.891. The van der Waals surface area contributed by atoms with Gasteiger partial charge in [0.1, 0.15) is 0 Å². The van der Waals surface area contributed by atoms with Gasteiger partial charge in [0, 0.05) is 28.8 Å². The molecule has 1 rings (SSSR count). The topological polar surface area (TPSA) is 29.3 Å².